The van der Waals surface area contributed by atoms with Gasteiger partial charge in [-0.3, -0.25) is 0 Å². The largest absolute Gasteiger partial charge is 0.204 e. The number of rotatable bonds is 4. The minimum absolute atomic E-state index is 0.675. The first-order chi connectivity index (χ1) is 12.2. The molecular weight excluding hydrogens is 314 g/mol. The molecule has 0 spiro atoms. The van der Waals surface area contributed by atoms with Gasteiger partial charge in [-0.25, -0.2) is 8.78 Å². The number of benzene rings is 3. The maximum atomic E-state index is 13.3. The van der Waals surface area contributed by atoms with Crippen molar-refractivity contribution < 1.29 is 8.78 Å². The van der Waals surface area contributed by atoms with Gasteiger partial charge in [-0.2, -0.15) is 0 Å². The van der Waals surface area contributed by atoms with Gasteiger partial charge < -0.3 is 0 Å². The van der Waals surface area contributed by atoms with Crippen LogP contribution in [0.3, 0.4) is 0 Å². The van der Waals surface area contributed by atoms with Crippen molar-refractivity contribution in [3.63, 3.8) is 0 Å². The van der Waals surface area contributed by atoms with Gasteiger partial charge in [-0.1, -0.05) is 81.8 Å². The summed E-state index contributed by atoms with van der Waals surface area (Å²) in [6.45, 7) is 6.17. The second-order valence-corrected chi connectivity index (χ2v) is 5.65. The number of aryl methyl sites for hydroxylation is 1. The van der Waals surface area contributed by atoms with Crippen LogP contribution in [-0.4, -0.2) is 0 Å². The van der Waals surface area contributed by atoms with Crippen LogP contribution in [0.5, 0.6) is 0 Å². The molecule has 0 nitrogen and oxygen atoms in total. The van der Waals surface area contributed by atoms with Crippen molar-refractivity contribution in [2.24, 2.45) is 0 Å². The average molecular weight is 338 g/mol. The molecule has 3 rings (SSSR count). The molecule has 130 valence electrons. The zero-order chi connectivity index (χ0) is 18.2. The molecule has 3 aromatic rings. The third-order valence-corrected chi connectivity index (χ3v) is 3.96. The normalized spacial score (nSPS) is 10.1. The van der Waals surface area contributed by atoms with E-state index in [0.717, 1.165) is 35.6 Å². The van der Waals surface area contributed by atoms with Gasteiger partial charge >= 0.3 is 0 Å². The molecule has 0 saturated carbocycles. The Kier molecular flexibility index (Phi) is 6.88. The van der Waals surface area contributed by atoms with Gasteiger partial charge in [0.1, 0.15) is 0 Å². The molecule has 0 N–H and O–H groups in total. The van der Waals surface area contributed by atoms with Crippen molar-refractivity contribution in [1.82, 2.24) is 0 Å². The maximum Gasteiger partial charge on any atom is 0.159 e. The first kappa shape index (κ1) is 18.9. The van der Waals surface area contributed by atoms with E-state index in [-0.39, 0.29) is 0 Å². The Balaban J connectivity index is 0.00000109. The molecule has 0 saturated heterocycles. The highest BCUT2D eigenvalue weighted by Gasteiger charge is 2.05. The molecular formula is C23H24F2. The molecule has 3 aromatic carbocycles. The van der Waals surface area contributed by atoms with Crippen LogP contribution >= 0.6 is 0 Å². The molecule has 0 amide bonds. The van der Waals surface area contributed by atoms with Crippen molar-refractivity contribution in [3.05, 3.63) is 83.9 Å². The number of hydrogen-bond acceptors (Lipinski definition) is 0. The predicted octanol–water partition coefficient (Wildman–Crippen LogP) is 7.28. The summed E-state index contributed by atoms with van der Waals surface area (Å²) in [6, 6.07) is 20.4. The fourth-order valence-corrected chi connectivity index (χ4v) is 2.68. The summed E-state index contributed by atoms with van der Waals surface area (Å²) in [7, 11) is 0. The van der Waals surface area contributed by atoms with Crippen LogP contribution < -0.4 is 0 Å². The minimum atomic E-state index is -0.822. The van der Waals surface area contributed by atoms with E-state index < -0.39 is 11.6 Å². The number of hydrogen-bond donors (Lipinski definition) is 0. The lowest BCUT2D eigenvalue weighted by Crippen LogP contribution is -1.86. The summed E-state index contributed by atoms with van der Waals surface area (Å²) >= 11 is 0. The van der Waals surface area contributed by atoms with Crippen LogP contribution in [0, 0.1) is 11.6 Å². The van der Waals surface area contributed by atoms with E-state index in [1.165, 1.54) is 11.6 Å². The Hall–Kier alpha value is -2.48. The highest BCUT2D eigenvalue weighted by Crippen LogP contribution is 2.26. The van der Waals surface area contributed by atoms with Gasteiger partial charge in [0.15, 0.2) is 11.6 Å². The Morgan fingerprint density at radius 3 is 1.52 bits per heavy atom. The van der Waals surface area contributed by atoms with Gasteiger partial charge in [-0.05, 0) is 46.4 Å². The summed E-state index contributed by atoms with van der Waals surface area (Å²) in [6.07, 6.45) is 2.23. The third kappa shape index (κ3) is 4.76. The molecule has 0 unspecified atom stereocenters. The zero-order valence-electron chi connectivity index (χ0n) is 15.0. The fourth-order valence-electron chi connectivity index (χ4n) is 2.68. The van der Waals surface area contributed by atoms with Gasteiger partial charge in [-0.15, -0.1) is 0 Å². The summed E-state index contributed by atoms with van der Waals surface area (Å²) in [5.41, 5.74) is 5.15. The van der Waals surface area contributed by atoms with Crippen LogP contribution in [0.4, 0.5) is 8.78 Å². The molecule has 0 radical (unpaired) electrons. The second-order valence-electron chi connectivity index (χ2n) is 5.65. The van der Waals surface area contributed by atoms with Gasteiger partial charge in [0.25, 0.3) is 0 Å². The lowest BCUT2D eigenvalue weighted by Gasteiger charge is -2.07. The van der Waals surface area contributed by atoms with E-state index in [1.807, 2.05) is 38.1 Å². The molecule has 0 bridgehead atoms. The summed E-state index contributed by atoms with van der Waals surface area (Å²) in [5, 5.41) is 0. The van der Waals surface area contributed by atoms with Crippen molar-refractivity contribution in [1.29, 1.82) is 0 Å². The lowest BCUT2D eigenvalue weighted by molar-refractivity contribution is 0.509. The van der Waals surface area contributed by atoms with Crippen LogP contribution in [0.2, 0.25) is 0 Å². The van der Waals surface area contributed by atoms with Gasteiger partial charge in [0.2, 0.25) is 0 Å². The van der Waals surface area contributed by atoms with E-state index in [4.69, 9.17) is 0 Å². The smallest absolute Gasteiger partial charge is 0.159 e. The Morgan fingerprint density at radius 1 is 0.600 bits per heavy atom. The molecule has 2 heteroatoms. The first-order valence-corrected chi connectivity index (χ1v) is 8.82. The Morgan fingerprint density at radius 2 is 1.04 bits per heavy atom. The van der Waals surface area contributed by atoms with E-state index in [0.29, 0.717) is 5.56 Å². The molecule has 0 aliphatic rings. The lowest BCUT2D eigenvalue weighted by atomic mass is 9.99. The monoisotopic (exact) mass is 338 g/mol. The molecule has 0 aromatic heterocycles. The molecule has 0 fully saturated rings. The van der Waals surface area contributed by atoms with E-state index in [2.05, 4.69) is 31.2 Å². The van der Waals surface area contributed by atoms with E-state index in [9.17, 15) is 8.78 Å². The summed E-state index contributed by atoms with van der Waals surface area (Å²) in [4.78, 5) is 0. The third-order valence-electron chi connectivity index (χ3n) is 3.96. The zero-order valence-corrected chi connectivity index (χ0v) is 15.0. The molecule has 0 aliphatic heterocycles. The Bertz CT molecular complexity index is 787. The molecule has 0 heterocycles. The van der Waals surface area contributed by atoms with Crippen LogP contribution in [0.25, 0.3) is 22.3 Å². The van der Waals surface area contributed by atoms with Crippen molar-refractivity contribution >= 4 is 0 Å². The number of halogens is 2. The first-order valence-electron chi connectivity index (χ1n) is 8.82. The van der Waals surface area contributed by atoms with Crippen molar-refractivity contribution in [2.75, 3.05) is 0 Å². The SMILES string of the molecule is CC.CCCc1ccc(-c2ccc(-c3ccc(F)c(F)c3)cc2)cc1. The molecule has 25 heavy (non-hydrogen) atoms. The standard InChI is InChI=1S/C21H18F2.C2H6/c1-2-3-15-4-6-16(7-5-15)17-8-10-18(11-9-17)19-12-13-20(22)21(23)14-19;1-2/h4-14H,2-3H2,1H3;1-2H3. The van der Waals surface area contributed by atoms with Crippen LogP contribution in [-0.2, 0) is 6.42 Å². The van der Waals surface area contributed by atoms with Crippen LogP contribution in [0.1, 0.15) is 32.8 Å². The quantitative estimate of drug-likeness (QED) is 0.469. The Labute approximate surface area is 149 Å². The molecule has 0 atom stereocenters. The second kappa shape index (κ2) is 9.12. The van der Waals surface area contributed by atoms with E-state index >= 15 is 0 Å². The predicted molar refractivity (Wildman–Crippen MR) is 103 cm³/mol. The summed E-state index contributed by atoms with van der Waals surface area (Å²) in [5.74, 6) is -1.64. The average Bonchev–Trinajstić information content (AvgIpc) is 2.67. The van der Waals surface area contributed by atoms with Gasteiger partial charge in [0.05, 0.1) is 0 Å². The van der Waals surface area contributed by atoms with Crippen molar-refractivity contribution in [3.8, 4) is 22.3 Å². The topological polar surface area (TPSA) is 0 Å². The maximum absolute atomic E-state index is 13.3. The highest BCUT2D eigenvalue weighted by atomic mass is 19.2. The van der Waals surface area contributed by atoms with Gasteiger partial charge in [0, 0.05) is 0 Å². The minimum Gasteiger partial charge on any atom is -0.204 e. The van der Waals surface area contributed by atoms with E-state index in [1.54, 1.807) is 6.07 Å². The highest BCUT2D eigenvalue weighted by molar-refractivity contribution is 5.70. The summed E-state index contributed by atoms with van der Waals surface area (Å²) < 4.78 is 26.3. The van der Waals surface area contributed by atoms with Crippen LogP contribution in [0.15, 0.2) is 66.7 Å². The molecule has 0 aliphatic carbocycles. The fraction of sp³-hybridized carbons (Fsp3) is 0.217. The van der Waals surface area contributed by atoms with Crippen molar-refractivity contribution in [2.45, 2.75) is 33.6 Å².